The minimum absolute atomic E-state index is 0. The molecule has 4 aliphatic carbocycles. The first-order chi connectivity index (χ1) is 39.7. The van der Waals surface area contributed by atoms with Crippen LogP contribution in [0.3, 0.4) is 0 Å². The molecule has 13 N–H and O–H groups in total. The molecule has 0 bridgehead atoms. The summed E-state index contributed by atoms with van der Waals surface area (Å²) in [5, 5.41) is 145. The molecular formula is C56H91NaO28S. The van der Waals surface area contributed by atoms with E-state index >= 15 is 0 Å². The number of ketones is 1. The molecule has 0 radical (unpaired) electrons. The van der Waals surface area contributed by atoms with Gasteiger partial charge < -0.3 is 118 Å². The van der Waals surface area contributed by atoms with E-state index in [9.17, 15) is 84.1 Å². The third-order valence-corrected chi connectivity index (χ3v) is 20.8. The van der Waals surface area contributed by atoms with Crippen molar-refractivity contribution in [2.24, 2.45) is 40.4 Å². The third-order valence-electron chi connectivity index (χ3n) is 20.3. The van der Waals surface area contributed by atoms with Crippen molar-refractivity contribution in [3.8, 4) is 0 Å². The molecule has 5 heterocycles. The number of aliphatic hydroxyl groups excluding tert-OH is 12. The molecule has 5 aliphatic heterocycles. The van der Waals surface area contributed by atoms with Gasteiger partial charge in [-0.2, -0.15) is 0 Å². The van der Waals surface area contributed by atoms with Gasteiger partial charge in [-0.05, 0) is 113 Å². The van der Waals surface area contributed by atoms with Gasteiger partial charge in [0.05, 0.1) is 49.3 Å². The van der Waals surface area contributed by atoms with Gasteiger partial charge in [0.1, 0.15) is 103 Å². The van der Waals surface area contributed by atoms with Crippen molar-refractivity contribution in [1.82, 2.24) is 0 Å². The number of carbonyl (C=O) groups is 1. The largest absolute Gasteiger partial charge is 1.00 e. The van der Waals surface area contributed by atoms with Gasteiger partial charge in [0.2, 0.25) is 10.4 Å². The zero-order valence-electron chi connectivity index (χ0n) is 50.1. The molecule has 9 rings (SSSR count). The van der Waals surface area contributed by atoms with Crippen LogP contribution in [-0.4, -0.2) is 264 Å². The van der Waals surface area contributed by atoms with Crippen LogP contribution in [0.2, 0.25) is 0 Å². The number of Topliss-reactive ketones (excluding diaryl/α,β-unsaturated/α-hetero) is 1. The Hall–Kier alpha value is -0.640. The quantitative estimate of drug-likeness (QED) is 0.0263. The second-order valence-corrected chi connectivity index (χ2v) is 27.7. The smallest absolute Gasteiger partial charge is 0.726 e. The van der Waals surface area contributed by atoms with Crippen molar-refractivity contribution in [3.63, 3.8) is 0 Å². The van der Waals surface area contributed by atoms with Crippen molar-refractivity contribution in [2.75, 3.05) is 13.2 Å². The van der Waals surface area contributed by atoms with E-state index in [-0.39, 0.29) is 78.3 Å². The molecule has 86 heavy (non-hydrogen) atoms. The number of allylic oxidation sites excluding steroid dienone is 2. The molecule has 490 valence electrons. The zero-order valence-corrected chi connectivity index (χ0v) is 52.9. The zero-order chi connectivity index (χ0) is 62.3. The number of hydrogen-bond acceptors (Lipinski definition) is 28. The van der Waals surface area contributed by atoms with Crippen LogP contribution in [0.15, 0.2) is 11.6 Å². The SMILES string of the molecule is CC(C)CC(=O)C[C@](C)(O)[C@H]1CC[C@H]2[C@@H]3C[C@H](O[C@@H]4O[C@H](C)[C@@H](O)[C@H](O[C@@H]5OC[C@@H](O[C@@H]6O[C@H](CO)[C@@H](O)[C@H](O)[C@H]6O[C@@H]6O[C@H](C)[C@H](O)[C@H](O)[C@H]6O)[C@H](O)[C@H]5O[C@@H]5O[C@H](C)[C@@H](O)[C@H](O)[C@H]5O)[C@H]4O)[C@H]4C[C@@H](OS(=O)(=O)[O-])CC[C@]4(C)C3=CC[C@@]21C.[Na+]. The first kappa shape index (κ1) is 71.2. The molecule has 8 fully saturated rings. The van der Waals surface area contributed by atoms with E-state index in [2.05, 4.69) is 19.9 Å². The third kappa shape index (κ3) is 14.2. The molecule has 30 heteroatoms. The molecule has 0 amide bonds. The maximum atomic E-state index is 13.2. The molecular weight excluding hydrogens is 1180 g/mol. The molecule has 0 aromatic heterocycles. The van der Waals surface area contributed by atoms with Crippen molar-refractivity contribution in [2.45, 2.75) is 278 Å². The Bertz CT molecular complexity index is 2430. The Morgan fingerprint density at radius 3 is 1.78 bits per heavy atom. The van der Waals surface area contributed by atoms with E-state index in [1.54, 1.807) is 6.92 Å². The maximum Gasteiger partial charge on any atom is 1.00 e. The molecule has 0 unspecified atom stereocenters. The summed E-state index contributed by atoms with van der Waals surface area (Å²) >= 11 is 0. The predicted octanol–water partition coefficient (Wildman–Crippen LogP) is -6.02. The average Bonchev–Trinajstić information content (AvgIpc) is 1.30. The second kappa shape index (κ2) is 27.7. The number of ether oxygens (including phenoxy) is 10. The Morgan fingerprint density at radius 1 is 0.663 bits per heavy atom. The predicted molar refractivity (Wildman–Crippen MR) is 284 cm³/mol. The van der Waals surface area contributed by atoms with E-state index < -0.39 is 206 Å². The topological polar surface area (TPSA) is 439 Å². The van der Waals surface area contributed by atoms with E-state index in [0.717, 1.165) is 5.57 Å². The molecule has 5 saturated heterocycles. The van der Waals surface area contributed by atoms with Gasteiger partial charge in [-0.3, -0.25) is 8.98 Å². The Labute approximate surface area is 522 Å². The van der Waals surface area contributed by atoms with Gasteiger partial charge in [-0.25, -0.2) is 8.42 Å². The molecule has 9 aliphatic rings. The molecule has 33 atom stereocenters. The van der Waals surface area contributed by atoms with E-state index in [1.165, 1.54) is 20.8 Å². The van der Waals surface area contributed by atoms with Crippen LogP contribution in [0.4, 0.5) is 0 Å². The van der Waals surface area contributed by atoms with E-state index in [0.29, 0.717) is 38.5 Å². The van der Waals surface area contributed by atoms with Crippen LogP contribution in [-0.2, 0) is 66.7 Å². The number of hydrogen-bond donors (Lipinski definition) is 13. The first-order valence-electron chi connectivity index (χ1n) is 29.9. The molecule has 3 saturated carbocycles. The average molecular weight is 1270 g/mol. The van der Waals surface area contributed by atoms with Gasteiger partial charge >= 0.3 is 29.6 Å². The molecule has 0 aromatic carbocycles. The number of carbonyl (C=O) groups excluding carboxylic acids is 1. The van der Waals surface area contributed by atoms with Crippen LogP contribution in [0, 0.1) is 40.4 Å². The summed E-state index contributed by atoms with van der Waals surface area (Å²) in [6.45, 7) is 12.5. The van der Waals surface area contributed by atoms with Crippen LogP contribution in [0.25, 0.3) is 0 Å². The summed E-state index contributed by atoms with van der Waals surface area (Å²) in [7, 11) is -5.13. The summed E-state index contributed by atoms with van der Waals surface area (Å²) in [5.74, 6) is -0.864. The van der Waals surface area contributed by atoms with Crippen molar-refractivity contribution >= 4 is 16.2 Å². The first-order valence-corrected chi connectivity index (χ1v) is 31.2. The van der Waals surface area contributed by atoms with Crippen LogP contribution in [0.5, 0.6) is 0 Å². The minimum Gasteiger partial charge on any atom is -0.726 e. The maximum absolute atomic E-state index is 13.2. The van der Waals surface area contributed by atoms with Crippen molar-refractivity contribution < 1.29 is 165 Å². The van der Waals surface area contributed by atoms with Crippen molar-refractivity contribution in [3.05, 3.63) is 11.6 Å². The van der Waals surface area contributed by atoms with Gasteiger partial charge in [0.15, 0.2) is 31.5 Å². The van der Waals surface area contributed by atoms with Crippen LogP contribution < -0.4 is 29.6 Å². The summed E-state index contributed by atoms with van der Waals surface area (Å²) < 4.78 is 102. The minimum atomic E-state index is -5.13. The number of fused-ring (bicyclic) bond motifs is 5. The fourth-order valence-electron chi connectivity index (χ4n) is 15.8. The van der Waals surface area contributed by atoms with Crippen molar-refractivity contribution in [1.29, 1.82) is 0 Å². The monoisotopic (exact) mass is 1270 g/mol. The summed E-state index contributed by atoms with van der Waals surface area (Å²) in [6.07, 6.45) is -37.5. The molecule has 0 aromatic rings. The van der Waals surface area contributed by atoms with Gasteiger partial charge in [-0.1, -0.05) is 39.3 Å². The Morgan fingerprint density at radius 2 is 1.21 bits per heavy atom. The second-order valence-electron chi connectivity index (χ2n) is 26.6. The number of rotatable bonds is 18. The number of aliphatic hydroxyl groups is 13. The fourth-order valence-corrected chi connectivity index (χ4v) is 16.3. The normalized spacial score (nSPS) is 50.7. The Balaban J connectivity index is 0.00000961. The summed E-state index contributed by atoms with van der Waals surface area (Å²) in [4.78, 5) is 13.2. The fraction of sp³-hybridized carbons (Fsp3) is 0.946. The van der Waals surface area contributed by atoms with E-state index in [1.807, 2.05) is 13.8 Å². The molecule has 28 nitrogen and oxygen atoms in total. The standard InChI is InChI=1S/C56H92O28S.Na/c1-21(2)15-25(58)18-56(8,70)34-10-9-28-27-17-31(30-16-26(84-85(71,72)73)11-13-54(30,6)29(27)12-14-55(28,34)7)78-51-45(69)46(37(61)24(5)77-51)81-52-47(82-49-43(67)40(64)35(59)22(3)75-49)39(63)33(20-74-52)80-53-48(42(66)38(62)32(19-57)79-53)83-50-44(68)41(65)36(60)23(4)76-50;/h12,21-24,26-28,30-53,57,59-70H,9-11,13-20H2,1-8H3,(H,71,72,73);/q;+1/p-1/t22-,23-,24-,26+,27+,28+,30-,31+,32-,33-,34+,35-,36+,37-,38-,39+,40+,41+,42+,43-,44-,45-,46+,47-,48-,49+,50+,51+,52+,53+,54-,55+,56+;/m1./s1. The van der Waals surface area contributed by atoms with Gasteiger partial charge in [0, 0.05) is 12.8 Å². The van der Waals surface area contributed by atoms with Gasteiger partial charge in [0.25, 0.3) is 0 Å². The van der Waals surface area contributed by atoms with Crippen LogP contribution >= 0.6 is 0 Å². The van der Waals surface area contributed by atoms with Gasteiger partial charge in [-0.15, -0.1) is 0 Å². The van der Waals surface area contributed by atoms with Crippen LogP contribution in [0.1, 0.15) is 113 Å². The summed E-state index contributed by atoms with van der Waals surface area (Å²) in [5.41, 5.74) is -1.31. The summed E-state index contributed by atoms with van der Waals surface area (Å²) in [6, 6.07) is 0. The van der Waals surface area contributed by atoms with E-state index in [4.69, 9.17) is 51.6 Å². The Kier molecular flexibility index (Phi) is 23.0. The molecule has 0 spiro atoms.